The first-order chi connectivity index (χ1) is 13.2. The second-order valence-corrected chi connectivity index (χ2v) is 7.25. The van der Waals surface area contributed by atoms with Gasteiger partial charge in [-0.3, -0.25) is 14.1 Å². The third kappa shape index (κ3) is 3.60. The van der Waals surface area contributed by atoms with Crippen LogP contribution >= 0.6 is 0 Å². The van der Waals surface area contributed by atoms with Gasteiger partial charge in [0.05, 0.1) is 5.69 Å². The lowest BCUT2D eigenvalue weighted by Gasteiger charge is -2.34. The van der Waals surface area contributed by atoms with Gasteiger partial charge in [0.2, 0.25) is 0 Å². The molecule has 1 fully saturated rings. The second-order valence-electron chi connectivity index (χ2n) is 7.25. The quantitative estimate of drug-likeness (QED) is 0.716. The van der Waals surface area contributed by atoms with Crippen LogP contribution in [-0.2, 0) is 13.0 Å². The van der Waals surface area contributed by atoms with Crippen molar-refractivity contribution in [2.24, 2.45) is 0 Å². The van der Waals surface area contributed by atoms with E-state index < -0.39 is 0 Å². The van der Waals surface area contributed by atoms with Gasteiger partial charge in [0, 0.05) is 38.9 Å². The summed E-state index contributed by atoms with van der Waals surface area (Å²) in [5.41, 5.74) is 4.95. The number of fused-ring (bicyclic) bond motifs is 1. The van der Waals surface area contributed by atoms with Crippen LogP contribution in [0.5, 0.6) is 0 Å². The summed E-state index contributed by atoms with van der Waals surface area (Å²) in [5, 5.41) is 0. The largest absolute Gasteiger partial charge is 0.335 e. The van der Waals surface area contributed by atoms with Gasteiger partial charge in [-0.2, -0.15) is 0 Å². The number of carbonyl (C=O) groups is 1. The average Bonchev–Trinajstić information content (AvgIpc) is 3.06. The average molecular weight is 362 g/mol. The Bertz CT molecular complexity index is 940. The number of rotatable bonds is 4. The van der Waals surface area contributed by atoms with Crippen molar-refractivity contribution in [3.8, 4) is 0 Å². The van der Waals surface area contributed by atoms with Gasteiger partial charge in [-0.25, -0.2) is 4.98 Å². The Morgan fingerprint density at radius 1 is 1.07 bits per heavy atom. The van der Waals surface area contributed by atoms with E-state index in [1.54, 1.807) is 0 Å². The van der Waals surface area contributed by atoms with E-state index in [1.165, 1.54) is 5.56 Å². The maximum Gasteiger partial charge on any atom is 0.272 e. The molecule has 2 aromatic heterocycles. The Morgan fingerprint density at radius 3 is 2.52 bits per heavy atom. The second kappa shape index (κ2) is 7.53. The fourth-order valence-corrected chi connectivity index (χ4v) is 3.77. The standard InChI is InChI=1S/C22H26N4O/c1-3-19-21(26-10-9-17(2)15-20(26)23-19)22(27)25-13-11-24(12-14-25)16-18-7-5-4-6-8-18/h4-10,15H,3,11-14,16H2,1-2H3. The van der Waals surface area contributed by atoms with E-state index >= 15 is 0 Å². The molecule has 1 aromatic carbocycles. The Morgan fingerprint density at radius 2 is 1.81 bits per heavy atom. The number of carbonyl (C=O) groups excluding carboxylic acids is 1. The van der Waals surface area contributed by atoms with Gasteiger partial charge in [-0.05, 0) is 36.6 Å². The molecule has 0 spiro atoms. The summed E-state index contributed by atoms with van der Waals surface area (Å²) in [6, 6.07) is 14.6. The van der Waals surface area contributed by atoms with E-state index in [4.69, 9.17) is 0 Å². The molecule has 1 saturated heterocycles. The maximum atomic E-state index is 13.3. The molecule has 1 amide bonds. The van der Waals surface area contributed by atoms with Gasteiger partial charge in [0.25, 0.3) is 5.91 Å². The maximum absolute atomic E-state index is 13.3. The minimum absolute atomic E-state index is 0.0996. The first-order valence-corrected chi connectivity index (χ1v) is 9.69. The Balaban J connectivity index is 1.49. The van der Waals surface area contributed by atoms with Crippen molar-refractivity contribution in [1.29, 1.82) is 0 Å². The molecule has 140 valence electrons. The SMILES string of the molecule is CCc1nc2cc(C)ccn2c1C(=O)N1CCN(Cc2ccccc2)CC1. The number of amides is 1. The third-order valence-electron chi connectivity index (χ3n) is 5.30. The fourth-order valence-electron chi connectivity index (χ4n) is 3.77. The number of aryl methyl sites for hydroxylation is 2. The van der Waals surface area contributed by atoms with Crippen molar-refractivity contribution in [3.63, 3.8) is 0 Å². The molecule has 3 heterocycles. The number of pyridine rings is 1. The number of hydrogen-bond acceptors (Lipinski definition) is 3. The van der Waals surface area contributed by atoms with E-state index in [0.29, 0.717) is 0 Å². The normalized spacial score (nSPS) is 15.4. The summed E-state index contributed by atoms with van der Waals surface area (Å²) in [6.07, 6.45) is 2.73. The van der Waals surface area contributed by atoms with Crippen molar-refractivity contribution in [2.75, 3.05) is 26.2 Å². The van der Waals surface area contributed by atoms with Crippen LogP contribution in [0, 0.1) is 6.92 Å². The first kappa shape index (κ1) is 17.7. The number of nitrogens with zero attached hydrogens (tertiary/aromatic N) is 4. The van der Waals surface area contributed by atoms with Crippen molar-refractivity contribution >= 4 is 11.6 Å². The van der Waals surface area contributed by atoms with Crippen molar-refractivity contribution < 1.29 is 4.79 Å². The molecule has 5 nitrogen and oxygen atoms in total. The molecule has 1 aliphatic rings. The highest BCUT2D eigenvalue weighted by atomic mass is 16.2. The zero-order chi connectivity index (χ0) is 18.8. The summed E-state index contributed by atoms with van der Waals surface area (Å²) < 4.78 is 1.95. The molecule has 0 aliphatic carbocycles. The number of imidazole rings is 1. The lowest BCUT2D eigenvalue weighted by atomic mass is 10.2. The van der Waals surface area contributed by atoms with Crippen LogP contribution in [0.25, 0.3) is 5.65 Å². The Kier molecular flexibility index (Phi) is 4.94. The Labute approximate surface area is 160 Å². The van der Waals surface area contributed by atoms with E-state index in [1.807, 2.05) is 40.6 Å². The van der Waals surface area contributed by atoms with Gasteiger partial charge in [-0.1, -0.05) is 37.3 Å². The molecule has 0 unspecified atom stereocenters. The van der Waals surface area contributed by atoms with Crippen molar-refractivity contribution in [1.82, 2.24) is 19.2 Å². The highest BCUT2D eigenvalue weighted by Crippen LogP contribution is 2.18. The summed E-state index contributed by atoms with van der Waals surface area (Å²) in [6.45, 7) is 8.37. The van der Waals surface area contributed by atoms with Crippen LogP contribution in [0.3, 0.4) is 0 Å². The van der Waals surface area contributed by atoms with E-state index in [9.17, 15) is 4.79 Å². The predicted molar refractivity (Wildman–Crippen MR) is 107 cm³/mol. The number of benzene rings is 1. The molecule has 0 radical (unpaired) electrons. The van der Waals surface area contributed by atoms with Crippen LogP contribution < -0.4 is 0 Å². The van der Waals surface area contributed by atoms with Crippen LogP contribution in [0.15, 0.2) is 48.7 Å². The van der Waals surface area contributed by atoms with Crippen LogP contribution in [0.1, 0.15) is 34.2 Å². The molecule has 0 atom stereocenters. The third-order valence-corrected chi connectivity index (χ3v) is 5.30. The molecular weight excluding hydrogens is 336 g/mol. The van der Waals surface area contributed by atoms with Crippen LogP contribution in [0.4, 0.5) is 0 Å². The smallest absolute Gasteiger partial charge is 0.272 e. The molecule has 0 bridgehead atoms. The van der Waals surface area contributed by atoms with Gasteiger partial charge >= 0.3 is 0 Å². The molecular formula is C22H26N4O. The lowest BCUT2D eigenvalue weighted by molar-refractivity contribution is 0.0620. The molecule has 27 heavy (non-hydrogen) atoms. The molecule has 0 saturated carbocycles. The molecule has 1 aliphatic heterocycles. The van der Waals surface area contributed by atoms with E-state index in [2.05, 4.69) is 41.1 Å². The molecule has 5 heteroatoms. The zero-order valence-electron chi connectivity index (χ0n) is 16.1. The predicted octanol–water partition coefficient (Wildman–Crippen LogP) is 3.16. The van der Waals surface area contributed by atoms with Crippen molar-refractivity contribution in [3.05, 3.63) is 71.2 Å². The minimum Gasteiger partial charge on any atom is -0.335 e. The van der Waals surface area contributed by atoms with Gasteiger partial charge in [-0.15, -0.1) is 0 Å². The fraction of sp³-hybridized carbons (Fsp3) is 0.364. The lowest BCUT2D eigenvalue weighted by Crippen LogP contribution is -2.48. The van der Waals surface area contributed by atoms with Crippen LogP contribution in [-0.4, -0.2) is 51.3 Å². The van der Waals surface area contributed by atoms with Gasteiger partial charge in [0.1, 0.15) is 11.3 Å². The Hall–Kier alpha value is -2.66. The summed E-state index contributed by atoms with van der Waals surface area (Å²) in [4.78, 5) is 22.3. The summed E-state index contributed by atoms with van der Waals surface area (Å²) in [7, 11) is 0. The summed E-state index contributed by atoms with van der Waals surface area (Å²) >= 11 is 0. The van der Waals surface area contributed by atoms with Gasteiger partial charge in [0.15, 0.2) is 0 Å². The number of aromatic nitrogens is 2. The molecule has 3 aromatic rings. The summed E-state index contributed by atoms with van der Waals surface area (Å²) in [5.74, 6) is 0.0996. The number of hydrogen-bond donors (Lipinski definition) is 0. The van der Waals surface area contributed by atoms with E-state index in [0.717, 1.165) is 61.7 Å². The highest BCUT2D eigenvalue weighted by molar-refractivity contribution is 5.95. The van der Waals surface area contributed by atoms with E-state index in [-0.39, 0.29) is 5.91 Å². The molecule has 4 rings (SSSR count). The molecule has 0 N–H and O–H groups in total. The van der Waals surface area contributed by atoms with Crippen LogP contribution in [0.2, 0.25) is 0 Å². The highest BCUT2D eigenvalue weighted by Gasteiger charge is 2.26. The topological polar surface area (TPSA) is 40.9 Å². The monoisotopic (exact) mass is 362 g/mol. The minimum atomic E-state index is 0.0996. The zero-order valence-corrected chi connectivity index (χ0v) is 16.1. The number of piperazine rings is 1. The van der Waals surface area contributed by atoms with Crippen molar-refractivity contribution in [2.45, 2.75) is 26.8 Å². The van der Waals surface area contributed by atoms with Gasteiger partial charge < -0.3 is 4.90 Å². The first-order valence-electron chi connectivity index (χ1n) is 9.69.